The van der Waals surface area contributed by atoms with Crippen molar-refractivity contribution in [3.05, 3.63) is 118 Å². The second-order valence-electron chi connectivity index (χ2n) is 8.81. The lowest BCUT2D eigenvalue weighted by atomic mass is 10.1. The van der Waals surface area contributed by atoms with E-state index in [1.54, 1.807) is 66.7 Å². The molecule has 0 bridgehead atoms. The first-order valence-corrected chi connectivity index (χ1v) is 14.5. The van der Waals surface area contributed by atoms with Gasteiger partial charge in [-0.3, -0.25) is 14.4 Å². The molecule has 214 valence electrons. The molecule has 4 aromatic carbocycles. The largest absolute Gasteiger partial charge is 0.497 e. The SMILES string of the molecule is COc1ccc(OC)c(/C=C(/NC(=O)c2ccccc2)C(=O)Nc2cccc(SCC(=O)Nc3ccc(Br)cc3)c2)c1. The first-order valence-electron chi connectivity index (χ1n) is 12.7. The molecule has 8 nitrogen and oxygen atoms in total. The van der Waals surface area contributed by atoms with Crippen LogP contribution in [0.25, 0.3) is 6.08 Å². The Morgan fingerprint density at radius 2 is 1.57 bits per heavy atom. The predicted molar refractivity (Wildman–Crippen MR) is 170 cm³/mol. The van der Waals surface area contributed by atoms with Gasteiger partial charge in [0.2, 0.25) is 5.91 Å². The molecule has 0 aliphatic heterocycles. The molecule has 42 heavy (non-hydrogen) atoms. The van der Waals surface area contributed by atoms with Crippen molar-refractivity contribution < 1.29 is 23.9 Å². The number of benzene rings is 4. The molecule has 3 N–H and O–H groups in total. The summed E-state index contributed by atoms with van der Waals surface area (Å²) in [6, 6.07) is 28.2. The minimum Gasteiger partial charge on any atom is -0.497 e. The smallest absolute Gasteiger partial charge is 0.272 e. The number of ether oxygens (including phenoxy) is 2. The fourth-order valence-corrected chi connectivity index (χ4v) is 4.81. The van der Waals surface area contributed by atoms with Gasteiger partial charge in [0.25, 0.3) is 11.8 Å². The van der Waals surface area contributed by atoms with Crippen molar-refractivity contribution in [2.45, 2.75) is 4.90 Å². The molecule has 10 heteroatoms. The lowest BCUT2D eigenvalue weighted by molar-refractivity contribution is -0.114. The average Bonchev–Trinajstić information content (AvgIpc) is 3.01. The van der Waals surface area contributed by atoms with Gasteiger partial charge in [-0.05, 0) is 78.9 Å². The Balaban J connectivity index is 1.51. The number of hydrogen-bond donors (Lipinski definition) is 3. The number of nitrogens with one attached hydrogen (secondary N) is 3. The molecule has 0 saturated heterocycles. The molecule has 4 rings (SSSR count). The second kappa shape index (κ2) is 14.9. The second-order valence-corrected chi connectivity index (χ2v) is 10.8. The van der Waals surface area contributed by atoms with E-state index in [-0.39, 0.29) is 17.4 Å². The first-order chi connectivity index (χ1) is 20.3. The highest BCUT2D eigenvalue weighted by Crippen LogP contribution is 2.27. The van der Waals surface area contributed by atoms with Crippen molar-refractivity contribution in [1.82, 2.24) is 5.32 Å². The van der Waals surface area contributed by atoms with Crippen LogP contribution in [0, 0.1) is 0 Å². The Morgan fingerprint density at radius 1 is 0.810 bits per heavy atom. The van der Waals surface area contributed by atoms with Crippen LogP contribution < -0.4 is 25.4 Å². The summed E-state index contributed by atoms with van der Waals surface area (Å²) >= 11 is 4.71. The molecule has 0 aliphatic carbocycles. The summed E-state index contributed by atoms with van der Waals surface area (Å²) in [4.78, 5) is 39.7. The highest BCUT2D eigenvalue weighted by atomic mass is 79.9. The zero-order chi connectivity index (χ0) is 29.9. The number of halogens is 1. The zero-order valence-corrected chi connectivity index (χ0v) is 25.3. The standard InChI is InChI=1S/C32H28BrN3O5S/c1-40-26-15-16-29(41-2)22(17-26)18-28(36-31(38)21-7-4-3-5-8-21)32(39)35-25-9-6-10-27(19-25)42-20-30(37)34-24-13-11-23(33)12-14-24/h3-19H,20H2,1-2H3,(H,34,37)(H,35,39)(H,36,38)/b28-18+. The van der Waals surface area contributed by atoms with Crippen LogP contribution in [0.4, 0.5) is 11.4 Å². The van der Waals surface area contributed by atoms with Gasteiger partial charge in [0.05, 0.1) is 20.0 Å². The molecule has 0 aromatic heterocycles. The highest BCUT2D eigenvalue weighted by molar-refractivity contribution is 9.10. The molecular weight excluding hydrogens is 618 g/mol. The van der Waals surface area contributed by atoms with Gasteiger partial charge < -0.3 is 25.4 Å². The van der Waals surface area contributed by atoms with Crippen LogP contribution in [-0.4, -0.2) is 37.7 Å². The quantitative estimate of drug-likeness (QED) is 0.125. The monoisotopic (exact) mass is 645 g/mol. The van der Waals surface area contributed by atoms with Gasteiger partial charge in [-0.1, -0.05) is 40.2 Å². The molecule has 0 radical (unpaired) electrons. The maximum Gasteiger partial charge on any atom is 0.272 e. The minimum atomic E-state index is -0.542. The molecule has 4 aromatic rings. The summed E-state index contributed by atoms with van der Waals surface area (Å²) in [6.07, 6.45) is 1.53. The number of rotatable bonds is 11. The Kier molecular flexibility index (Phi) is 10.8. The Morgan fingerprint density at radius 3 is 2.29 bits per heavy atom. The number of amides is 3. The van der Waals surface area contributed by atoms with E-state index in [1.807, 2.05) is 30.3 Å². The van der Waals surface area contributed by atoms with Crippen LogP contribution in [0.5, 0.6) is 11.5 Å². The summed E-state index contributed by atoms with van der Waals surface area (Å²) in [6.45, 7) is 0. The highest BCUT2D eigenvalue weighted by Gasteiger charge is 2.17. The Hall–Kier alpha value is -4.54. The summed E-state index contributed by atoms with van der Waals surface area (Å²) in [5.41, 5.74) is 2.14. The molecule has 0 spiro atoms. The topological polar surface area (TPSA) is 106 Å². The van der Waals surface area contributed by atoms with E-state index in [1.165, 1.54) is 32.1 Å². The Bertz CT molecular complexity index is 1590. The maximum absolute atomic E-state index is 13.5. The normalized spacial score (nSPS) is 10.9. The fraction of sp³-hybridized carbons (Fsp3) is 0.0938. The van der Waals surface area contributed by atoms with Crippen molar-refractivity contribution in [3.63, 3.8) is 0 Å². The lowest BCUT2D eigenvalue weighted by Gasteiger charge is -2.13. The van der Waals surface area contributed by atoms with E-state index in [0.29, 0.717) is 34.0 Å². The summed E-state index contributed by atoms with van der Waals surface area (Å²) < 4.78 is 11.7. The van der Waals surface area contributed by atoms with Gasteiger partial charge in [-0.2, -0.15) is 0 Å². The van der Waals surface area contributed by atoms with Crippen LogP contribution >= 0.6 is 27.7 Å². The van der Waals surface area contributed by atoms with Crippen molar-refractivity contribution in [3.8, 4) is 11.5 Å². The van der Waals surface area contributed by atoms with Crippen LogP contribution in [0.3, 0.4) is 0 Å². The fourth-order valence-electron chi connectivity index (χ4n) is 3.79. The molecular formula is C32H28BrN3O5S. The lowest BCUT2D eigenvalue weighted by Crippen LogP contribution is -2.30. The van der Waals surface area contributed by atoms with Crippen molar-refractivity contribution in [2.24, 2.45) is 0 Å². The number of carbonyl (C=O) groups is 3. The molecule has 0 atom stereocenters. The molecule has 0 heterocycles. The summed E-state index contributed by atoms with van der Waals surface area (Å²) in [5, 5.41) is 8.43. The summed E-state index contributed by atoms with van der Waals surface area (Å²) in [5.74, 6) is 0.0959. The molecule has 0 saturated carbocycles. The predicted octanol–water partition coefficient (Wildman–Crippen LogP) is 6.61. The molecule has 0 unspecified atom stereocenters. The molecule has 3 amide bonds. The maximum atomic E-state index is 13.5. The number of hydrogen-bond acceptors (Lipinski definition) is 6. The van der Waals surface area contributed by atoms with Crippen LogP contribution in [0.1, 0.15) is 15.9 Å². The number of carbonyl (C=O) groups excluding carboxylic acids is 3. The van der Waals surface area contributed by atoms with E-state index in [4.69, 9.17) is 9.47 Å². The third-order valence-electron chi connectivity index (χ3n) is 5.86. The van der Waals surface area contributed by atoms with Gasteiger partial charge in [0.15, 0.2) is 0 Å². The van der Waals surface area contributed by atoms with Crippen LogP contribution in [-0.2, 0) is 9.59 Å². The van der Waals surface area contributed by atoms with Crippen molar-refractivity contribution in [1.29, 1.82) is 0 Å². The third-order valence-corrected chi connectivity index (χ3v) is 7.38. The third kappa shape index (κ3) is 8.73. The van der Waals surface area contributed by atoms with Gasteiger partial charge in [0.1, 0.15) is 17.2 Å². The van der Waals surface area contributed by atoms with Crippen molar-refractivity contribution in [2.75, 3.05) is 30.6 Å². The van der Waals surface area contributed by atoms with E-state index in [0.717, 1.165) is 9.37 Å². The number of methoxy groups -OCH3 is 2. The van der Waals surface area contributed by atoms with E-state index >= 15 is 0 Å². The van der Waals surface area contributed by atoms with E-state index < -0.39 is 11.8 Å². The average molecular weight is 647 g/mol. The van der Waals surface area contributed by atoms with E-state index in [9.17, 15) is 14.4 Å². The van der Waals surface area contributed by atoms with Gasteiger partial charge in [-0.15, -0.1) is 11.8 Å². The Labute approximate surface area is 256 Å². The number of anilines is 2. The molecule has 0 aliphatic rings. The zero-order valence-electron chi connectivity index (χ0n) is 22.8. The molecule has 0 fully saturated rings. The van der Waals surface area contributed by atoms with Crippen LogP contribution in [0.2, 0.25) is 0 Å². The van der Waals surface area contributed by atoms with Gasteiger partial charge >= 0.3 is 0 Å². The van der Waals surface area contributed by atoms with Gasteiger partial charge in [0, 0.05) is 31.9 Å². The number of thioether (sulfide) groups is 1. The van der Waals surface area contributed by atoms with Crippen LogP contribution in [0.15, 0.2) is 112 Å². The first kappa shape index (κ1) is 30.4. The van der Waals surface area contributed by atoms with E-state index in [2.05, 4.69) is 31.9 Å². The summed E-state index contributed by atoms with van der Waals surface area (Å²) in [7, 11) is 3.05. The van der Waals surface area contributed by atoms with Crippen molar-refractivity contribution >= 4 is 62.9 Å². The minimum absolute atomic E-state index is 0.00216. The van der Waals surface area contributed by atoms with Gasteiger partial charge in [-0.25, -0.2) is 0 Å².